The quantitative estimate of drug-likeness (QED) is 0.859. The maximum absolute atomic E-state index is 13.0. The molecule has 1 N–H and O–H groups in total. The van der Waals surface area contributed by atoms with E-state index in [4.69, 9.17) is 0 Å². The molecule has 0 saturated carbocycles. The van der Waals surface area contributed by atoms with Crippen LogP contribution < -0.4 is 0 Å². The molecule has 1 atom stereocenters. The molecule has 2 aromatic rings. The number of aryl methyl sites for hydroxylation is 1. The Morgan fingerprint density at radius 2 is 1.86 bits per heavy atom. The lowest BCUT2D eigenvalue weighted by Crippen LogP contribution is -2.44. The van der Waals surface area contributed by atoms with Crippen LogP contribution in [-0.4, -0.2) is 38.4 Å². The predicted molar refractivity (Wildman–Crippen MR) is 107 cm³/mol. The highest BCUT2D eigenvalue weighted by Crippen LogP contribution is 2.35. The van der Waals surface area contributed by atoms with Crippen molar-refractivity contribution < 1.29 is 14.7 Å². The summed E-state index contributed by atoms with van der Waals surface area (Å²) in [6.07, 6.45) is 2.86. The van der Waals surface area contributed by atoms with Gasteiger partial charge in [0.25, 0.3) is 0 Å². The fraction of sp³-hybridized carbons (Fsp3) is 0.455. The molecule has 0 radical (unpaired) electrons. The normalized spacial score (nSPS) is 17.4. The second-order valence-corrected chi connectivity index (χ2v) is 8.34. The Morgan fingerprint density at radius 3 is 2.54 bits per heavy atom. The number of carboxylic acids is 1. The Bertz CT molecular complexity index is 902. The zero-order valence-electron chi connectivity index (χ0n) is 16.9. The molecule has 1 amide bonds. The van der Waals surface area contributed by atoms with Crippen molar-refractivity contribution in [1.29, 1.82) is 0 Å². The number of carboxylic acid groups (broad SMARTS) is 1. The van der Waals surface area contributed by atoms with Gasteiger partial charge in [-0.1, -0.05) is 39.0 Å². The summed E-state index contributed by atoms with van der Waals surface area (Å²) in [4.78, 5) is 35.6. The largest absolute Gasteiger partial charge is 0.478 e. The maximum atomic E-state index is 13.0. The van der Waals surface area contributed by atoms with Crippen molar-refractivity contribution >= 4 is 11.9 Å². The third kappa shape index (κ3) is 4.06. The zero-order chi connectivity index (χ0) is 20.5. The van der Waals surface area contributed by atoms with Gasteiger partial charge >= 0.3 is 5.97 Å². The van der Waals surface area contributed by atoms with E-state index >= 15 is 0 Å². The predicted octanol–water partition coefficient (Wildman–Crippen LogP) is 4.25. The van der Waals surface area contributed by atoms with Crippen LogP contribution in [0.2, 0.25) is 0 Å². The van der Waals surface area contributed by atoms with Crippen LogP contribution in [0, 0.1) is 12.3 Å². The minimum absolute atomic E-state index is 0.112. The van der Waals surface area contributed by atoms with Gasteiger partial charge in [0, 0.05) is 17.5 Å². The molecule has 148 valence electrons. The Hall–Kier alpha value is -2.76. The van der Waals surface area contributed by atoms with E-state index in [9.17, 15) is 14.7 Å². The fourth-order valence-electron chi connectivity index (χ4n) is 3.71. The van der Waals surface area contributed by atoms with Gasteiger partial charge in [0.05, 0.1) is 23.0 Å². The molecule has 0 aliphatic carbocycles. The van der Waals surface area contributed by atoms with E-state index in [2.05, 4.69) is 9.97 Å². The topological polar surface area (TPSA) is 83.4 Å². The molecule has 28 heavy (non-hydrogen) atoms. The lowest BCUT2D eigenvalue weighted by Gasteiger charge is -2.39. The van der Waals surface area contributed by atoms with E-state index in [1.54, 1.807) is 31.2 Å². The minimum Gasteiger partial charge on any atom is -0.478 e. The van der Waals surface area contributed by atoms with Crippen molar-refractivity contribution in [1.82, 2.24) is 14.9 Å². The molecule has 1 unspecified atom stereocenters. The SMILES string of the molecule is Cc1nc(-c2ccccc2C(=O)O)cc(C2CCCCN2C(=O)C(C)(C)C)n1. The lowest BCUT2D eigenvalue weighted by atomic mass is 9.90. The average Bonchev–Trinajstić information content (AvgIpc) is 2.66. The maximum Gasteiger partial charge on any atom is 0.336 e. The van der Waals surface area contributed by atoms with Gasteiger partial charge in [-0.15, -0.1) is 0 Å². The molecule has 0 spiro atoms. The van der Waals surface area contributed by atoms with E-state index < -0.39 is 11.4 Å². The summed E-state index contributed by atoms with van der Waals surface area (Å²) < 4.78 is 0. The minimum atomic E-state index is -0.990. The smallest absolute Gasteiger partial charge is 0.336 e. The molecule has 6 heteroatoms. The van der Waals surface area contributed by atoms with Crippen molar-refractivity contribution in [2.24, 2.45) is 5.41 Å². The van der Waals surface area contributed by atoms with Crippen LogP contribution in [0.1, 0.15) is 68.0 Å². The van der Waals surface area contributed by atoms with Gasteiger partial charge < -0.3 is 10.0 Å². The number of aromatic carboxylic acids is 1. The molecular weight excluding hydrogens is 354 g/mol. The lowest BCUT2D eigenvalue weighted by molar-refractivity contribution is -0.143. The number of likely N-dealkylation sites (tertiary alicyclic amines) is 1. The molecule has 1 aromatic carbocycles. The van der Waals surface area contributed by atoms with E-state index in [0.29, 0.717) is 23.6 Å². The van der Waals surface area contributed by atoms with Crippen LogP contribution >= 0.6 is 0 Å². The molecule has 2 heterocycles. The molecule has 3 rings (SSSR count). The second-order valence-electron chi connectivity index (χ2n) is 8.34. The summed E-state index contributed by atoms with van der Waals surface area (Å²) in [5.74, 6) is -0.307. The number of nitrogens with zero attached hydrogens (tertiary/aromatic N) is 3. The van der Waals surface area contributed by atoms with Crippen LogP contribution in [0.3, 0.4) is 0 Å². The van der Waals surface area contributed by atoms with Crippen LogP contribution in [0.15, 0.2) is 30.3 Å². The molecule has 0 bridgehead atoms. The fourth-order valence-corrected chi connectivity index (χ4v) is 3.71. The summed E-state index contributed by atoms with van der Waals surface area (Å²) in [5, 5.41) is 9.52. The number of aromatic nitrogens is 2. The number of carbonyl (C=O) groups is 2. The molecule has 1 aliphatic heterocycles. The number of amides is 1. The highest BCUT2D eigenvalue weighted by atomic mass is 16.4. The monoisotopic (exact) mass is 381 g/mol. The van der Waals surface area contributed by atoms with Gasteiger partial charge in [0.1, 0.15) is 5.82 Å². The Labute approximate surface area is 165 Å². The third-order valence-corrected chi connectivity index (χ3v) is 5.04. The highest BCUT2D eigenvalue weighted by molar-refractivity contribution is 5.95. The van der Waals surface area contributed by atoms with E-state index in [1.807, 2.05) is 31.7 Å². The molecule has 6 nitrogen and oxygen atoms in total. The zero-order valence-corrected chi connectivity index (χ0v) is 16.9. The van der Waals surface area contributed by atoms with E-state index in [0.717, 1.165) is 25.0 Å². The summed E-state index contributed by atoms with van der Waals surface area (Å²) >= 11 is 0. The molecule has 1 fully saturated rings. The molecule has 1 aromatic heterocycles. The molecular formula is C22H27N3O3. The first kappa shape index (κ1) is 20.0. The Balaban J connectivity index is 2.06. The standard InChI is InChI=1S/C22H27N3O3/c1-14-23-17(15-9-5-6-10-16(15)20(26)27)13-18(24-14)19-11-7-8-12-25(19)21(28)22(2,3)4/h5-6,9-10,13,19H,7-8,11-12H2,1-4H3,(H,26,27). The van der Waals surface area contributed by atoms with Crippen molar-refractivity contribution in [2.75, 3.05) is 6.54 Å². The van der Waals surface area contributed by atoms with Crippen molar-refractivity contribution in [3.63, 3.8) is 0 Å². The first-order valence-corrected chi connectivity index (χ1v) is 9.68. The number of rotatable bonds is 3. The molecule has 1 aliphatic rings. The number of hydrogen-bond donors (Lipinski definition) is 1. The second kappa shape index (κ2) is 7.70. The first-order valence-electron chi connectivity index (χ1n) is 9.68. The first-order chi connectivity index (χ1) is 13.2. The van der Waals surface area contributed by atoms with Crippen molar-refractivity contribution in [3.05, 3.63) is 47.4 Å². The summed E-state index contributed by atoms with van der Waals surface area (Å²) in [7, 11) is 0. The number of benzene rings is 1. The van der Waals surface area contributed by atoms with E-state index in [1.165, 1.54) is 0 Å². The van der Waals surface area contributed by atoms with Crippen LogP contribution in [0.4, 0.5) is 0 Å². The number of hydrogen-bond acceptors (Lipinski definition) is 4. The number of piperidine rings is 1. The van der Waals surface area contributed by atoms with Gasteiger partial charge in [-0.3, -0.25) is 4.79 Å². The third-order valence-electron chi connectivity index (χ3n) is 5.04. The molecule has 1 saturated heterocycles. The van der Waals surface area contributed by atoms with Gasteiger partial charge in [0.2, 0.25) is 5.91 Å². The Morgan fingerprint density at radius 1 is 1.14 bits per heavy atom. The van der Waals surface area contributed by atoms with E-state index in [-0.39, 0.29) is 17.5 Å². The Kier molecular flexibility index (Phi) is 5.49. The van der Waals surface area contributed by atoms with Crippen molar-refractivity contribution in [3.8, 4) is 11.3 Å². The summed E-state index contributed by atoms with van der Waals surface area (Å²) in [6.45, 7) is 8.31. The highest BCUT2D eigenvalue weighted by Gasteiger charge is 2.35. The number of carbonyl (C=O) groups excluding carboxylic acids is 1. The van der Waals surface area contributed by atoms with Gasteiger partial charge in [-0.05, 0) is 38.3 Å². The van der Waals surface area contributed by atoms with Gasteiger partial charge in [0.15, 0.2) is 0 Å². The van der Waals surface area contributed by atoms with Gasteiger partial charge in [-0.25, -0.2) is 14.8 Å². The van der Waals surface area contributed by atoms with Crippen LogP contribution in [0.25, 0.3) is 11.3 Å². The van der Waals surface area contributed by atoms with Gasteiger partial charge in [-0.2, -0.15) is 0 Å². The average molecular weight is 381 g/mol. The van der Waals surface area contributed by atoms with Crippen molar-refractivity contribution in [2.45, 2.75) is 53.0 Å². The summed E-state index contributed by atoms with van der Waals surface area (Å²) in [6, 6.07) is 8.56. The van der Waals surface area contributed by atoms with Crippen LogP contribution in [-0.2, 0) is 4.79 Å². The van der Waals surface area contributed by atoms with Crippen LogP contribution in [0.5, 0.6) is 0 Å². The summed E-state index contributed by atoms with van der Waals surface area (Å²) in [5.41, 5.74) is 1.66.